The van der Waals surface area contributed by atoms with Crippen LogP contribution in [-0.4, -0.2) is 69.4 Å². The van der Waals surface area contributed by atoms with Gasteiger partial charge in [-0.2, -0.15) is 4.31 Å². The minimum Gasteiger partial charge on any atom is -0.497 e. The minimum absolute atomic E-state index is 0.121. The van der Waals surface area contributed by atoms with Crippen LogP contribution in [0, 0.1) is 20.8 Å². The maximum absolute atomic E-state index is 13.2. The van der Waals surface area contributed by atoms with Gasteiger partial charge in [-0.1, -0.05) is 17.7 Å². The van der Waals surface area contributed by atoms with Gasteiger partial charge in [-0.3, -0.25) is 4.79 Å². The molecule has 0 unspecified atom stereocenters. The third kappa shape index (κ3) is 6.06. The fourth-order valence-electron chi connectivity index (χ4n) is 4.17. The van der Waals surface area contributed by atoms with Gasteiger partial charge < -0.3 is 20.3 Å². The Bertz CT molecular complexity index is 1120. The van der Waals surface area contributed by atoms with Crippen molar-refractivity contribution in [2.24, 2.45) is 0 Å². The highest BCUT2D eigenvalue weighted by molar-refractivity contribution is 7.89. The summed E-state index contributed by atoms with van der Waals surface area (Å²) in [5.74, 6) is 0.568. The van der Waals surface area contributed by atoms with Crippen molar-refractivity contribution in [2.75, 3.05) is 45.2 Å². The van der Waals surface area contributed by atoms with Crippen molar-refractivity contribution in [3.05, 3.63) is 53.1 Å². The summed E-state index contributed by atoms with van der Waals surface area (Å²) in [6, 6.07) is 10.3. The highest BCUT2D eigenvalue weighted by atomic mass is 32.2. The lowest BCUT2D eigenvalue weighted by Crippen LogP contribution is -2.51. The molecule has 2 aromatic carbocycles. The smallest absolute Gasteiger partial charge is 0.319 e. The van der Waals surface area contributed by atoms with Crippen LogP contribution >= 0.6 is 0 Å². The Labute approximate surface area is 201 Å². The van der Waals surface area contributed by atoms with Gasteiger partial charge in [0.05, 0.1) is 12.0 Å². The number of benzene rings is 2. The van der Waals surface area contributed by atoms with Crippen LogP contribution in [0.1, 0.15) is 23.1 Å². The van der Waals surface area contributed by atoms with Crippen molar-refractivity contribution < 1.29 is 22.7 Å². The monoisotopic (exact) mass is 488 g/mol. The molecular weight excluding hydrogens is 456 g/mol. The molecule has 2 N–H and O–H groups in total. The van der Waals surface area contributed by atoms with E-state index in [1.54, 1.807) is 36.3 Å². The fraction of sp³-hybridized carbons (Fsp3) is 0.417. The van der Waals surface area contributed by atoms with Crippen LogP contribution in [0.2, 0.25) is 0 Å². The highest BCUT2D eigenvalue weighted by Gasteiger charge is 2.32. The molecule has 34 heavy (non-hydrogen) atoms. The zero-order valence-electron chi connectivity index (χ0n) is 20.1. The Kier molecular flexibility index (Phi) is 8.16. The van der Waals surface area contributed by atoms with Crippen molar-refractivity contribution >= 4 is 27.6 Å². The van der Waals surface area contributed by atoms with Crippen molar-refractivity contribution in [1.82, 2.24) is 14.5 Å². The molecule has 0 saturated carbocycles. The Hall–Kier alpha value is -3.11. The first-order valence-electron chi connectivity index (χ1n) is 11.2. The number of anilines is 1. The van der Waals surface area contributed by atoms with Crippen molar-refractivity contribution in [2.45, 2.75) is 32.1 Å². The van der Waals surface area contributed by atoms with Gasteiger partial charge in [-0.25, -0.2) is 13.2 Å². The molecule has 1 aliphatic heterocycles. The second-order valence-electron chi connectivity index (χ2n) is 8.37. The lowest BCUT2D eigenvalue weighted by Gasteiger charge is -2.34. The van der Waals surface area contributed by atoms with E-state index < -0.39 is 16.1 Å². The summed E-state index contributed by atoms with van der Waals surface area (Å²) in [7, 11) is -2.06. The number of aryl methyl sites for hydroxylation is 3. The molecule has 184 valence electrons. The number of nitrogens with zero attached hydrogens (tertiary/aromatic N) is 2. The molecule has 3 amide bonds. The number of sulfonamides is 1. The van der Waals surface area contributed by atoms with Crippen molar-refractivity contribution in [1.29, 1.82) is 0 Å². The standard InChI is InChI=1S/C24H32N4O5S/c1-17-15-18(2)23(19(3)16-17)34(31,32)28-13-11-27(12-14-28)22(29)9-10-25-24(30)26-20-5-7-21(33-4)8-6-20/h5-8,15-16H,9-14H2,1-4H3,(H2,25,26,30). The zero-order valence-corrected chi connectivity index (χ0v) is 20.9. The Morgan fingerprint density at radius 3 is 2.12 bits per heavy atom. The van der Waals surface area contributed by atoms with Gasteiger partial charge in [0.1, 0.15) is 5.75 Å². The molecule has 0 aromatic heterocycles. The summed E-state index contributed by atoms with van der Waals surface area (Å²) in [6.45, 7) is 6.87. The van der Waals surface area contributed by atoms with E-state index in [0.29, 0.717) is 29.4 Å². The summed E-state index contributed by atoms with van der Waals surface area (Å²) < 4.78 is 32.9. The molecule has 0 spiro atoms. The number of carbonyl (C=O) groups excluding carboxylic acids is 2. The number of amides is 3. The predicted octanol–water partition coefficient (Wildman–Crippen LogP) is 2.67. The quantitative estimate of drug-likeness (QED) is 0.623. The first-order valence-corrected chi connectivity index (χ1v) is 12.6. The summed E-state index contributed by atoms with van der Waals surface area (Å²) in [5, 5.41) is 5.36. The average molecular weight is 489 g/mol. The summed E-state index contributed by atoms with van der Waals surface area (Å²) >= 11 is 0. The molecule has 1 fully saturated rings. The lowest BCUT2D eigenvalue weighted by molar-refractivity contribution is -0.132. The molecule has 1 heterocycles. The second-order valence-corrected chi connectivity index (χ2v) is 10.2. The van der Waals surface area contributed by atoms with Crippen LogP contribution in [0.3, 0.4) is 0 Å². The van der Waals surface area contributed by atoms with Gasteiger partial charge in [-0.05, 0) is 56.2 Å². The summed E-state index contributed by atoms with van der Waals surface area (Å²) in [4.78, 5) is 26.6. The average Bonchev–Trinajstić information content (AvgIpc) is 2.78. The van der Waals surface area contributed by atoms with E-state index in [-0.39, 0.29) is 32.0 Å². The molecule has 0 radical (unpaired) electrons. The third-order valence-corrected chi connectivity index (χ3v) is 7.97. The van der Waals surface area contributed by atoms with Gasteiger partial charge >= 0.3 is 6.03 Å². The SMILES string of the molecule is COc1ccc(NC(=O)NCCC(=O)N2CCN(S(=O)(=O)c3c(C)cc(C)cc3C)CC2)cc1. The maximum Gasteiger partial charge on any atom is 0.319 e. The van der Waals surface area contributed by atoms with Gasteiger partial charge in [0.2, 0.25) is 15.9 Å². The highest BCUT2D eigenvalue weighted by Crippen LogP contribution is 2.26. The van der Waals surface area contributed by atoms with Crippen LogP contribution in [0.4, 0.5) is 10.5 Å². The normalized spacial score (nSPS) is 14.5. The van der Waals surface area contributed by atoms with Gasteiger partial charge in [0.25, 0.3) is 0 Å². The van der Waals surface area contributed by atoms with E-state index in [4.69, 9.17) is 4.74 Å². The lowest BCUT2D eigenvalue weighted by atomic mass is 10.1. The molecule has 2 aromatic rings. The second kappa shape index (κ2) is 10.9. The predicted molar refractivity (Wildman–Crippen MR) is 131 cm³/mol. The number of nitrogens with one attached hydrogen (secondary N) is 2. The minimum atomic E-state index is -3.63. The Balaban J connectivity index is 1.46. The number of ether oxygens (including phenoxy) is 1. The number of hydrogen-bond acceptors (Lipinski definition) is 5. The largest absolute Gasteiger partial charge is 0.497 e. The van der Waals surface area contributed by atoms with Crippen molar-refractivity contribution in [3.8, 4) is 5.75 Å². The Morgan fingerprint density at radius 2 is 1.56 bits per heavy atom. The van der Waals surface area contributed by atoms with E-state index in [2.05, 4.69) is 10.6 Å². The topological polar surface area (TPSA) is 108 Å². The van der Waals surface area contributed by atoms with Gasteiger partial charge in [-0.15, -0.1) is 0 Å². The molecule has 3 rings (SSSR count). The molecule has 1 aliphatic rings. The van der Waals surface area contributed by atoms with E-state index in [1.807, 2.05) is 32.9 Å². The first kappa shape index (κ1) is 25.5. The summed E-state index contributed by atoms with van der Waals surface area (Å²) in [5.41, 5.74) is 3.10. The molecule has 0 bridgehead atoms. The van der Waals surface area contributed by atoms with E-state index in [0.717, 1.165) is 16.7 Å². The van der Waals surface area contributed by atoms with Crippen molar-refractivity contribution in [3.63, 3.8) is 0 Å². The van der Waals surface area contributed by atoms with Crippen LogP contribution < -0.4 is 15.4 Å². The number of carbonyl (C=O) groups is 2. The van der Waals surface area contributed by atoms with Crippen LogP contribution in [0.25, 0.3) is 0 Å². The number of methoxy groups -OCH3 is 1. The maximum atomic E-state index is 13.2. The summed E-state index contributed by atoms with van der Waals surface area (Å²) in [6.07, 6.45) is 0.138. The molecule has 0 atom stereocenters. The first-order chi connectivity index (χ1) is 16.1. The van der Waals surface area contributed by atoms with E-state index in [9.17, 15) is 18.0 Å². The van der Waals surface area contributed by atoms with Crippen LogP contribution in [0.5, 0.6) is 5.75 Å². The van der Waals surface area contributed by atoms with Gasteiger partial charge in [0, 0.05) is 44.8 Å². The number of piperazine rings is 1. The molecule has 1 saturated heterocycles. The fourth-order valence-corrected chi connectivity index (χ4v) is 6.01. The zero-order chi connectivity index (χ0) is 24.9. The Morgan fingerprint density at radius 1 is 0.971 bits per heavy atom. The molecule has 10 heteroatoms. The number of rotatable bonds is 7. The van der Waals surface area contributed by atoms with Gasteiger partial charge in [0.15, 0.2) is 0 Å². The molecular formula is C24H32N4O5S. The van der Waals surface area contributed by atoms with E-state index in [1.165, 1.54) is 4.31 Å². The third-order valence-electron chi connectivity index (χ3n) is 5.77. The molecule has 9 nitrogen and oxygen atoms in total. The number of urea groups is 1. The number of hydrogen-bond donors (Lipinski definition) is 2. The molecule has 0 aliphatic carbocycles. The van der Waals surface area contributed by atoms with Crippen LogP contribution in [-0.2, 0) is 14.8 Å². The van der Waals surface area contributed by atoms with E-state index >= 15 is 0 Å². The van der Waals surface area contributed by atoms with Crippen LogP contribution in [0.15, 0.2) is 41.3 Å².